The molecule has 1 aromatic carbocycles. The predicted molar refractivity (Wildman–Crippen MR) is 89.1 cm³/mol. The molecule has 0 aliphatic carbocycles. The van der Waals surface area contributed by atoms with Crippen LogP contribution in [0.5, 0.6) is 0 Å². The molecule has 0 saturated carbocycles. The molecule has 0 radical (unpaired) electrons. The van der Waals surface area contributed by atoms with Crippen molar-refractivity contribution in [2.75, 3.05) is 17.6 Å². The first-order chi connectivity index (χ1) is 10.8. The summed E-state index contributed by atoms with van der Waals surface area (Å²) in [6.07, 6.45) is 2.98. The number of anilines is 1. The van der Waals surface area contributed by atoms with Gasteiger partial charge in [0, 0.05) is 13.2 Å². The van der Waals surface area contributed by atoms with Crippen LogP contribution in [0.2, 0.25) is 0 Å². The van der Waals surface area contributed by atoms with E-state index in [4.69, 9.17) is 5.73 Å². The number of aromatic nitrogens is 2. The van der Waals surface area contributed by atoms with E-state index in [-0.39, 0.29) is 16.3 Å². The van der Waals surface area contributed by atoms with E-state index >= 15 is 0 Å². The Labute approximate surface area is 139 Å². The van der Waals surface area contributed by atoms with E-state index in [9.17, 15) is 13.2 Å². The monoisotopic (exact) mass is 352 g/mol. The van der Waals surface area contributed by atoms with Crippen molar-refractivity contribution in [3.63, 3.8) is 0 Å². The number of amides is 1. The third kappa shape index (κ3) is 3.45. The van der Waals surface area contributed by atoms with Crippen molar-refractivity contribution < 1.29 is 13.2 Å². The molecular weight excluding hydrogens is 336 g/mol. The van der Waals surface area contributed by atoms with Gasteiger partial charge in [-0.05, 0) is 25.3 Å². The molecule has 1 amide bonds. The molecule has 122 valence electrons. The number of thioether (sulfide) groups is 1. The third-order valence-electron chi connectivity index (χ3n) is 3.17. The highest BCUT2D eigenvalue weighted by Gasteiger charge is 2.26. The molecule has 1 aromatic heterocycles. The van der Waals surface area contributed by atoms with E-state index in [0.717, 1.165) is 9.87 Å². The fourth-order valence-corrected chi connectivity index (χ4v) is 3.35. The van der Waals surface area contributed by atoms with Crippen molar-refractivity contribution in [2.45, 2.75) is 17.0 Å². The molecule has 0 bridgehead atoms. The molecule has 1 heterocycles. The summed E-state index contributed by atoms with van der Waals surface area (Å²) < 4.78 is 26.4. The topological polar surface area (TPSA) is 106 Å². The van der Waals surface area contributed by atoms with E-state index in [0.29, 0.717) is 5.16 Å². The Kier molecular flexibility index (Phi) is 4.90. The van der Waals surface area contributed by atoms with Crippen LogP contribution in [0.25, 0.3) is 0 Å². The normalized spacial score (nSPS) is 11.3. The number of hydrogen-bond acceptors (Lipinski definition) is 6. The van der Waals surface area contributed by atoms with Crippen LogP contribution in [-0.2, 0) is 10.0 Å². The molecule has 2 N–H and O–H groups in total. The summed E-state index contributed by atoms with van der Waals surface area (Å²) in [5.74, 6) is -0.837. The van der Waals surface area contributed by atoms with Gasteiger partial charge in [0.2, 0.25) is 0 Å². The summed E-state index contributed by atoms with van der Waals surface area (Å²) in [7, 11) is -2.54. The number of primary amides is 1. The molecule has 0 atom stereocenters. The minimum absolute atomic E-state index is 0.0441. The zero-order chi connectivity index (χ0) is 17.2. The second-order valence-corrected chi connectivity index (χ2v) is 7.49. The van der Waals surface area contributed by atoms with E-state index in [1.165, 1.54) is 37.1 Å². The molecule has 0 spiro atoms. The van der Waals surface area contributed by atoms with Gasteiger partial charge in [0.1, 0.15) is 5.56 Å². The lowest BCUT2D eigenvalue weighted by Gasteiger charge is -2.20. The fraction of sp³-hybridized carbons (Fsp3) is 0.214. The van der Waals surface area contributed by atoms with Gasteiger partial charge in [0.15, 0.2) is 11.0 Å². The Morgan fingerprint density at radius 1 is 1.26 bits per heavy atom. The second-order valence-electron chi connectivity index (χ2n) is 4.74. The lowest BCUT2D eigenvalue weighted by Crippen LogP contribution is -2.30. The lowest BCUT2D eigenvalue weighted by atomic mass is 10.2. The summed E-state index contributed by atoms with van der Waals surface area (Å²) in [5, 5.41) is 0.343. The first kappa shape index (κ1) is 17.2. The van der Waals surface area contributed by atoms with Crippen LogP contribution in [0.1, 0.15) is 15.9 Å². The highest BCUT2D eigenvalue weighted by atomic mass is 32.2. The molecule has 2 aromatic rings. The van der Waals surface area contributed by atoms with Crippen molar-refractivity contribution in [1.29, 1.82) is 0 Å². The minimum atomic E-state index is -3.86. The summed E-state index contributed by atoms with van der Waals surface area (Å²) in [5.41, 5.74) is 6.18. The van der Waals surface area contributed by atoms with Crippen LogP contribution in [0, 0.1) is 6.92 Å². The van der Waals surface area contributed by atoms with Crippen LogP contribution >= 0.6 is 11.8 Å². The van der Waals surface area contributed by atoms with E-state index < -0.39 is 15.9 Å². The Hall–Kier alpha value is -2.13. The maximum atomic E-state index is 12.7. The van der Waals surface area contributed by atoms with Crippen molar-refractivity contribution in [1.82, 2.24) is 9.97 Å². The average molecular weight is 352 g/mol. The van der Waals surface area contributed by atoms with Crippen LogP contribution < -0.4 is 10.0 Å². The summed E-state index contributed by atoms with van der Waals surface area (Å²) in [6, 6.07) is 6.40. The Morgan fingerprint density at radius 2 is 1.87 bits per heavy atom. The molecule has 2 rings (SSSR count). The molecule has 0 saturated heterocycles. The third-order valence-corrected chi connectivity index (χ3v) is 5.50. The van der Waals surface area contributed by atoms with E-state index in [1.807, 2.05) is 6.92 Å². The number of carbonyl (C=O) groups is 1. The molecule has 0 aliphatic rings. The van der Waals surface area contributed by atoms with Crippen LogP contribution in [0.4, 0.5) is 5.82 Å². The molecule has 0 fully saturated rings. The SMILES string of the molecule is CSc1ncc(C(N)=O)c(N(C)S(=O)(=O)c2ccc(C)cc2)n1. The van der Waals surface area contributed by atoms with Gasteiger partial charge in [-0.25, -0.2) is 18.4 Å². The van der Waals surface area contributed by atoms with Gasteiger partial charge in [-0.2, -0.15) is 0 Å². The van der Waals surface area contributed by atoms with Crippen molar-refractivity contribution in [3.8, 4) is 0 Å². The maximum absolute atomic E-state index is 12.7. The summed E-state index contributed by atoms with van der Waals surface area (Å²) in [4.78, 5) is 19.7. The standard InChI is InChI=1S/C14H16N4O3S2/c1-9-4-6-10(7-5-9)23(20,21)18(2)13-11(12(15)19)8-16-14(17-13)22-3/h4-8H,1-3H3,(H2,15,19). The average Bonchev–Trinajstić information content (AvgIpc) is 2.53. The quantitative estimate of drug-likeness (QED) is 0.644. The molecule has 0 aliphatic heterocycles. The lowest BCUT2D eigenvalue weighted by molar-refractivity contribution is 0.1000. The number of benzene rings is 1. The van der Waals surface area contributed by atoms with Gasteiger partial charge in [-0.3, -0.25) is 9.10 Å². The second kappa shape index (κ2) is 6.55. The summed E-state index contributed by atoms with van der Waals surface area (Å²) >= 11 is 1.23. The van der Waals surface area contributed by atoms with Crippen LogP contribution in [0.15, 0.2) is 40.5 Å². The van der Waals surface area contributed by atoms with Crippen molar-refractivity contribution >= 4 is 33.5 Å². The predicted octanol–water partition coefficient (Wildman–Crippen LogP) is 1.43. The van der Waals surface area contributed by atoms with Crippen LogP contribution in [0.3, 0.4) is 0 Å². The van der Waals surface area contributed by atoms with E-state index in [2.05, 4.69) is 9.97 Å². The largest absolute Gasteiger partial charge is 0.365 e. The number of hydrogen-bond donors (Lipinski definition) is 1. The number of nitrogens with two attached hydrogens (primary N) is 1. The molecule has 9 heteroatoms. The van der Waals surface area contributed by atoms with Gasteiger partial charge in [0.25, 0.3) is 15.9 Å². The zero-order valence-corrected chi connectivity index (χ0v) is 14.5. The molecule has 7 nitrogen and oxygen atoms in total. The first-order valence-electron chi connectivity index (χ1n) is 6.54. The Balaban J connectivity index is 2.56. The number of sulfonamides is 1. The smallest absolute Gasteiger partial charge is 0.265 e. The molecular formula is C14H16N4O3S2. The van der Waals surface area contributed by atoms with Gasteiger partial charge in [-0.15, -0.1) is 0 Å². The van der Waals surface area contributed by atoms with E-state index in [1.54, 1.807) is 18.4 Å². The molecule has 0 unspecified atom stereocenters. The first-order valence-corrected chi connectivity index (χ1v) is 9.20. The zero-order valence-electron chi connectivity index (χ0n) is 12.8. The van der Waals surface area contributed by atoms with Gasteiger partial charge >= 0.3 is 0 Å². The number of carbonyl (C=O) groups excluding carboxylic acids is 1. The van der Waals surface area contributed by atoms with Crippen molar-refractivity contribution in [2.24, 2.45) is 5.73 Å². The fourth-order valence-electron chi connectivity index (χ4n) is 1.85. The Bertz CT molecular complexity index is 836. The number of aryl methyl sites for hydroxylation is 1. The number of nitrogens with zero attached hydrogens (tertiary/aromatic N) is 3. The summed E-state index contributed by atoms with van der Waals surface area (Å²) in [6.45, 7) is 1.86. The van der Waals surface area contributed by atoms with Crippen molar-refractivity contribution in [3.05, 3.63) is 41.6 Å². The highest BCUT2D eigenvalue weighted by molar-refractivity contribution is 7.98. The minimum Gasteiger partial charge on any atom is -0.365 e. The number of rotatable bonds is 5. The molecule has 23 heavy (non-hydrogen) atoms. The Morgan fingerprint density at radius 3 is 2.39 bits per heavy atom. The van der Waals surface area contributed by atoms with Gasteiger partial charge < -0.3 is 5.73 Å². The maximum Gasteiger partial charge on any atom is 0.265 e. The van der Waals surface area contributed by atoms with Crippen LogP contribution in [-0.4, -0.2) is 37.6 Å². The highest BCUT2D eigenvalue weighted by Crippen LogP contribution is 2.25. The van der Waals surface area contributed by atoms with Gasteiger partial charge in [-0.1, -0.05) is 29.5 Å². The van der Waals surface area contributed by atoms with Gasteiger partial charge in [0.05, 0.1) is 4.90 Å².